The maximum absolute atomic E-state index is 12.8. The standard InChI is InChI=1S/C31H34N2O4/c1-36-24-15-13-23(14-16-24)8-7-19-33-20-17-31(18-21-33)27-12-6-5-11-26(27)29(30(31)35)32-28(34)22-37-25-9-3-2-4-10-25/h2-16,29-30,35H,17-22H2,1H3,(H,32,34)/t29-,30+/m1/s1. The third-order valence-electron chi connectivity index (χ3n) is 7.68. The van der Waals surface area contributed by atoms with Crippen LogP contribution in [0.4, 0.5) is 0 Å². The molecule has 3 aromatic rings. The highest BCUT2D eigenvalue weighted by Gasteiger charge is 2.52. The summed E-state index contributed by atoms with van der Waals surface area (Å²) in [6.07, 6.45) is 5.33. The largest absolute Gasteiger partial charge is 0.497 e. The Labute approximate surface area is 218 Å². The van der Waals surface area contributed by atoms with Crippen molar-refractivity contribution in [2.45, 2.75) is 30.4 Å². The molecule has 37 heavy (non-hydrogen) atoms. The van der Waals surface area contributed by atoms with E-state index in [0.29, 0.717) is 5.75 Å². The molecule has 6 nitrogen and oxygen atoms in total. The van der Waals surface area contributed by atoms with Gasteiger partial charge in [0.25, 0.3) is 5.91 Å². The SMILES string of the molecule is COc1ccc(C=CCN2CCC3(CC2)c2ccccc2[C@@H](NC(=O)COc2ccccc2)[C@@H]3O)cc1. The number of para-hydroxylation sites is 1. The van der Waals surface area contributed by atoms with Gasteiger partial charge >= 0.3 is 0 Å². The summed E-state index contributed by atoms with van der Waals surface area (Å²) in [5.74, 6) is 1.27. The first-order chi connectivity index (χ1) is 18.1. The highest BCUT2D eigenvalue weighted by Crippen LogP contribution is 2.50. The van der Waals surface area contributed by atoms with E-state index in [4.69, 9.17) is 9.47 Å². The molecule has 5 rings (SSSR count). The Hall–Kier alpha value is -3.61. The first-order valence-electron chi connectivity index (χ1n) is 12.9. The fourth-order valence-electron chi connectivity index (χ4n) is 5.66. The van der Waals surface area contributed by atoms with Crippen LogP contribution in [0.2, 0.25) is 0 Å². The number of methoxy groups -OCH3 is 1. The summed E-state index contributed by atoms with van der Waals surface area (Å²) >= 11 is 0. The maximum Gasteiger partial charge on any atom is 0.258 e. The fourth-order valence-corrected chi connectivity index (χ4v) is 5.66. The molecule has 1 saturated heterocycles. The van der Waals surface area contributed by atoms with E-state index in [1.807, 2.05) is 72.8 Å². The molecule has 1 spiro atoms. The fraction of sp³-hybridized carbons (Fsp3) is 0.323. The number of amides is 1. The molecule has 1 aliphatic heterocycles. The lowest BCUT2D eigenvalue weighted by atomic mass is 9.72. The minimum absolute atomic E-state index is 0.0866. The maximum atomic E-state index is 12.8. The number of aliphatic hydroxyl groups excluding tert-OH is 1. The van der Waals surface area contributed by atoms with E-state index in [9.17, 15) is 9.90 Å². The smallest absolute Gasteiger partial charge is 0.258 e. The van der Waals surface area contributed by atoms with E-state index in [1.54, 1.807) is 7.11 Å². The van der Waals surface area contributed by atoms with E-state index in [-0.39, 0.29) is 17.9 Å². The summed E-state index contributed by atoms with van der Waals surface area (Å²) in [6.45, 7) is 2.54. The number of fused-ring (bicyclic) bond motifs is 2. The molecule has 0 unspecified atom stereocenters. The first kappa shape index (κ1) is 25.1. The molecule has 0 saturated carbocycles. The average molecular weight is 499 g/mol. The van der Waals surface area contributed by atoms with Crippen molar-refractivity contribution in [1.82, 2.24) is 10.2 Å². The minimum Gasteiger partial charge on any atom is -0.497 e. The molecule has 1 aliphatic carbocycles. The predicted molar refractivity (Wildman–Crippen MR) is 145 cm³/mol. The van der Waals surface area contributed by atoms with Crippen LogP contribution in [-0.4, -0.2) is 55.4 Å². The number of nitrogens with zero attached hydrogens (tertiary/aromatic N) is 1. The Bertz CT molecular complexity index is 1220. The molecule has 1 amide bonds. The Morgan fingerprint density at radius 3 is 2.43 bits per heavy atom. The van der Waals surface area contributed by atoms with Crippen LogP contribution >= 0.6 is 0 Å². The number of hydrogen-bond acceptors (Lipinski definition) is 5. The van der Waals surface area contributed by atoms with Crippen LogP contribution in [0.1, 0.15) is 35.6 Å². The monoisotopic (exact) mass is 498 g/mol. The summed E-state index contributed by atoms with van der Waals surface area (Å²) in [6, 6.07) is 25.0. The number of aliphatic hydroxyl groups is 1. The summed E-state index contributed by atoms with van der Waals surface area (Å²) < 4.78 is 10.8. The van der Waals surface area contributed by atoms with Crippen molar-refractivity contribution >= 4 is 12.0 Å². The number of piperidine rings is 1. The number of benzene rings is 3. The van der Waals surface area contributed by atoms with Gasteiger partial charge in [-0.2, -0.15) is 0 Å². The van der Waals surface area contributed by atoms with Gasteiger partial charge in [-0.1, -0.05) is 66.7 Å². The van der Waals surface area contributed by atoms with Gasteiger partial charge in [0.1, 0.15) is 11.5 Å². The van der Waals surface area contributed by atoms with Gasteiger partial charge in [-0.25, -0.2) is 0 Å². The van der Waals surface area contributed by atoms with Crippen LogP contribution in [0.3, 0.4) is 0 Å². The number of nitrogens with one attached hydrogen (secondary N) is 1. The molecule has 2 aliphatic rings. The Morgan fingerprint density at radius 2 is 1.70 bits per heavy atom. The van der Waals surface area contributed by atoms with Crippen LogP contribution in [0.25, 0.3) is 6.08 Å². The van der Waals surface area contributed by atoms with Crippen molar-refractivity contribution in [3.8, 4) is 11.5 Å². The van der Waals surface area contributed by atoms with Crippen molar-refractivity contribution < 1.29 is 19.4 Å². The average Bonchev–Trinajstić information content (AvgIpc) is 3.16. The lowest BCUT2D eigenvalue weighted by Gasteiger charge is -2.42. The molecule has 0 radical (unpaired) electrons. The molecule has 2 N–H and O–H groups in total. The second-order valence-electron chi connectivity index (χ2n) is 9.81. The number of rotatable bonds is 8. The normalized spacial score (nSPS) is 20.6. The van der Waals surface area contributed by atoms with Gasteiger partial charge in [0.15, 0.2) is 6.61 Å². The van der Waals surface area contributed by atoms with Crippen molar-refractivity contribution in [3.63, 3.8) is 0 Å². The van der Waals surface area contributed by atoms with E-state index < -0.39 is 12.1 Å². The third-order valence-corrected chi connectivity index (χ3v) is 7.68. The lowest BCUT2D eigenvalue weighted by Crippen LogP contribution is -2.50. The van der Waals surface area contributed by atoms with Crippen LogP contribution in [0.15, 0.2) is 84.9 Å². The van der Waals surface area contributed by atoms with Gasteiger partial charge in [-0.15, -0.1) is 0 Å². The number of hydrogen-bond donors (Lipinski definition) is 2. The number of ether oxygens (including phenoxy) is 2. The summed E-state index contributed by atoms with van der Waals surface area (Å²) in [7, 11) is 1.67. The molecule has 3 aromatic carbocycles. The van der Waals surface area contributed by atoms with Gasteiger partial charge < -0.3 is 19.9 Å². The zero-order valence-electron chi connectivity index (χ0n) is 21.2. The molecule has 1 fully saturated rings. The van der Waals surface area contributed by atoms with E-state index >= 15 is 0 Å². The van der Waals surface area contributed by atoms with Gasteiger partial charge in [0.2, 0.25) is 0 Å². The van der Waals surface area contributed by atoms with E-state index in [0.717, 1.165) is 54.9 Å². The second-order valence-corrected chi connectivity index (χ2v) is 9.81. The van der Waals surface area contributed by atoms with Gasteiger partial charge in [-0.3, -0.25) is 9.69 Å². The van der Waals surface area contributed by atoms with Gasteiger partial charge in [0.05, 0.1) is 19.3 Å². The van der Waals surface area contributed by atoms with Crippen molar-refractivity contribution in [1.29, 1.82) is 0 Å². The number of likely N-dealkylation sites (tertiary alicyclic amines) is 1. The van der Waals surface area contributed by atoms with Gasteiger partial charge in [0, 0.05) is 12.0 Å². The van der Waals surface area contributed by atoms with Crippen molar-refractivity contribution in [2.24, 2.45) is 0 Å². The number of carbonyl (C=O) groups is 1. The topological polar surface area (TPSA) is 71.0 Å². The highest BCUT2D eigenvalue weighted by molar-refractivity contribution is 5.78. The molecular formula is C31H34N2O4. The first-order valence-corrected chi connectivity index (χ1v) is 12.9. The van der Waals surface area contributed by atoms with E-state index in [1.165, 1.54) is 0 Å². The molecule has 0 bridgehead atoms. The summed E-state index contributed by atoms with van der Waals surface area (Å²) in [5.41, 5.74) is 2.95. The zero-order valence-corrected chi connectivity index (χ0v) is 21.2. The molecular weight excluding hydrogens is 464 g/mol. The van der Waals surface area contributed by atoms with Crippen LogP contribution in [-0.2, 0) is 10.2 Å². The second kappa shape index (κ2) is 11.2. The molecule has 1 heterocycles. The third kappa shape index (κ3) is 5.41. The predicted octanol–water partition coefficient (Wildman–Crippen LogP) is 4.35. The highest BCUT2D eigenvalue weighted by atomic mass is 16.5. The summed E-state index contributed by atoms with van der Waals surface area (Å²) in [5, 5.41) is 14.6. The number of carbonyl (C=O) groups excluding carboxylic acids is 1. The van der Waals surface area contributed by atoms with Crippen molar-refractivity contribution in [2.75, 3.05) is 33.4 Å². The lowest BCUT2D eigenvalue weighted by molar-refractivity contribution is -0.125. The Balaban J connectivity index is 1.21. The molecule has 6 heteroatoms. The van der Waals surface area contributed by atoms with E-state index in [2.05, 4.69) is 28.4 Å². The minimum atomic E-state index is -0.678. The molecule has 0 aromatic heterocycles. The van der Waals surface area contributed by atoms with Crippen LogP contribution < -0.4 is 14.8 Å². The summed E-state index contributed by atoms with van der Waals surface area (Å²) in [4.78, 5) is 15.2. The molecule has 192 valence electrons. The quantitative estimate of drug-likeness (QED) is 0.483. The Kier molecular flexibility index (Phi) is 7.58. The molecule has 2 atom stereocenters. The Morgan fingerprint density at radius 1 is 1.00 bits per heavy atom. The van der Waals surface area contributed by atoms with Crippen LogP contribution in [0.5, 0.6) is 11.5 Å². The van der Waals surface area contributed by atoms with Crippen LogP contribution in [0, 0.1) is 0 Å². The van der Waals surface area contributed by atoms with Crippen molar-refractivity contribution in [3.05, 3.63) is 102 Å². The zero-order chi connectivity index (χ0) is 25.7. The van der Waals surface area contributed by atoms with Gasteiger partial charge in [-0.05, 0) is 66.9 Å².